The quantitative estimate of drug-likeness (QED) is 0.840. The molecule has 0 aromatic rings. The summed E-state index contributed by atoms with van der Waals surface area (Å²) in [6, 6.07) is -0.722. The van der Waals surface area contributed by atoms with Crippen LogP contribution in [-0.2, 0) is 9.53 Å². The molecule has 6 heteroatoms. The Labute approximate surface area is 130 Å². The molecule has 1 N–H and O–H groups in total. The maximum atomic E-state index is 12.9. The molecule has 4 nitrogen and oxygen atoms in total. The van der Waals surface area contributed by atoms with E-state index in [4.69, 9.17) is 0 Å². The van der Waals surface area contributed by atoms with Gasteiger partial charge in [-0.15, -0.1) is 0 Å². The summed E-state index contributed by atoms with van der Waals surface area (Å²) in [6.45, 7) is 7.49. The van der Waals surface area contributed by atoms with Crippen molar-refractivity contribution < 1.29 is 23.1 Å². The average molecular weight is 317 g/mol. The summed E-state index contributed by atoms with van der Waals surface area (Å²) >= 11 is 0. The SMILES string of the molecule is COC(=O)N[C@H](C(=O)C1CC(=C(F)F)C[C@H]1C(C)C)C(C)C. The van der Waals surface area contributed by atoms with E-state index in [1.165, 1.54) is 7.11 Å². The molecule has 0 bridgehead atoms. The number of carbonyl (C=O) groups excluding carboxylic acids is 2. The van der Waals surface area contributed by atoms with Crippen molar-refractivity contribution in [3.8, 4) is 0 Å². The van der Waals surface area contributed by atoms with Crippen molar-refractivity contribution in [2.45, 2.75) is 46.6 Å². The monoisotopic (exact) mass is 317 g/mol. The van der Waals surface area contributed by atoms with E-state index in [-0.39, 0.29) is 42.0 Å². The predicted molar refractivity (Wildman–Crippen MR) is 79.5 cm³/mol. The van der Waals surface area contributed by atoms with Gasteiger partial charge in [0.25, 0.3) is 6.08 Å². The number of halogens is 2. The van der Waals surface area contributed by atoms with Gasteiger partial charge in [-0.05, 0) is 36.2 Å². The Balaban J connectivity index is 3.00. The highest BCUT2D eigenvalue weighted by atomic mass is 19.3. The molecule has 3 atom stereocenters. The van der Waals surface area contributed by atoms with Gasteiger partial charge in [-0.3, -0.25) is 4.79 Å². The summed E-state index contributed by atoms with van der Waals surface area (Å²) in [7, 11) is 1.23. The van der Waals surface area contributed by atoms with E-state index in [9.17, 15) is 18.4 Å². The molecule has 0 radical (unpaired) electrons. The zero-order valence-electron chi connectivity index (χ0n) is 13.8. The number of amides is 1. The average Bonchev–Trinajstić information content (AvgIpc) is 2.88. The van der Waals surface area contributed by atoms with Gasteiger partial charge in [0, 0.05) is 5.92 Å². The molecule has 0 aromatic carbocycles. The number of rotatable bonds is 5. The molecule has 1 rings (SSSR count). The molecule has 0 aromatic heterocycles. The van der Waals surface area contributed by atoms with Gasteiger partial charge in [0.15, 0.2) is 5.78 Å². The third-order valence-electron chi connectivity index (χ3n) is 4.39. The fourth-order valence-electron chi connectivity index (χ4n) is 3.08. The van der Waals surface area contributed by atoms with Gasteiger partial charge in [0.2, 0.25) is 0 Å². The molecule has 1 amide bonds. The zero-order valence-corrected chi connectivity index (χ0v) is 13.8. The molecule has 1 saturated carbocycles. The molecule has 0 spiro atoms. The van der Waals surface area contributed by atoms with Gasteiger partial charge in [0.1, 0.15) is 0 Å². The standard InChI is InChI=1S/C16H25F2NO3/c1-8(2)11-6-10(15(17)18)7-12(11)14(20)13(9(3)4)19-16(21)22-5/h8-9,11-13H,6-7H2,1-5H3,(H,19,21)/t11-,12?,13-/m0/s1. The number of methoxy groups -OCH3 is 1. The second kappa shape index (κ2) is 7.70. The van der Waals surface area contributed by atoms with Crippen LogP contribution in [0, 0.1) is 23.7 Å². The molecular weight excluding hydrogens is 292 g/mol. The van der Waals surface area contributed by atoms with Crippen LogP contribution in [0.25, 0.3) is 0 Å². The van der Waals surface area contributed by atoms with Crippen molar-refractivity contribution in [3.63, 3.8) is 0 Å². The number of Topliss-reactive ketones (excluding diaryl/α,β-unsaturated/α-hetero) is 1. The summed E-state index contributed by atoms with van der Waals surface area (Å²) in [5, 5.41) is 2.53. The van der Waals surface area contributed by atoms with Gasteiger partial charge in [-0.2, -0.15) is 8.78 Å². The Hall–Kier alpha value is -1.46. The highest BCUT2D eigenvalue weighted by molar-refractivity contribution is 5.90. The first kappa shape index (κ1) is 18.6. The van der Waals surface area contributed by atoms with Crippen LogP contribution in [0.3, 0.4) is 0 Å². The summed E-state index contributed by atoms with van der Waals surface area (Å²) in [4.78, 5) is 24.2. The Bertz CT molecular complexity index is 456. The molecule has 1 fully saturated rings. The van der Waals surface area contributed by atoms with Gasteiger partial charge in [0.05, 0.1) is 13.2 Å². The number of carbonyl (C=O) groups is 2. The maximum absolute atomic E-state index is 12.9. The normalized spacial score (nSPS) is 22.9. The van der Waals surface area contributed by atoms with Crippen molar-refractivity contribution in [2.24, 2.45) is 23.7 Å². The Morgan fingerprint density at radius 3 is 2.18 bits per heavy atom. The summed E-state index contributed by atoms with van der Waals surface area (Å²) < 4.78 is 30.4. The smallest absolute Gasteiger partial charge is 0.407 e. The zero-order chi connectivity index (χ0) is 17.0. The van der Waals surface area contributed by atoms with E-state index in [0.717, 1.165) is 0 Å². The largest absolute Gasteiger partial charge is 0.453 e. The van der Waals surface area contributed by atoms with Crippen LogP contribution >= 0.6 is 0 Å². The molecule has 22 heavy (non-hydrogen) atoms. The van der Waals surface area contributed by atoms with E-state index >= 15 is 0 Å². The van der Waals surface area contributed by atoms with Crippen LogP contribution in [-0.4, -0.2) is 25.0 Å². The maximum Gasteiger partial charge on any atom is 0.407 e. The van der Waals surface area contributed by atoms with Crippen molar-refractivity contribution in [2.75, 3.05) is 7.11 Å². The molecule has 126 valence electrons. The first-order valence-electron chi connectivity index (χ1n) is 7.60. The topological polar surface area (TPSA) is 55.4 Å². The van der Waals surface area contributed by atoms with Gasteiger partial charge >= 0.3 is 6.09 Å². The molecule has 0 aliphatic heterocycles. The number of ketones is 1. The van der Waals surface area contributed by atoms with Crippen LogP contribution in [0.4, 0.5) is 13.6 Å². The third-order valence-corrected chi connectivity index (χ3v) is 4.39. The van der Waals surface area contributed by atoms with Crippen LogP contribution in [0.15, 0.2) is 11.7 Å². The van der Waals surface area contributed by atoms with E-state index in [2.05, 4.69) is 10.1 Å². The van der Waals surface area contributed by atoms with Gasteiger partial charge in [-0.25, -0.2) is 4.79 Å². The summed E-state index contributed by atoms with van der Waals surface area (Å²) in [5.41, 5.74) is 0.0672. The van der Waals surface area contributed by atoms with Crippen molar-refractivity contribution in [1.82, 2.24) is 5.32 Å². The van der Waals surface area contributed by atoms with Crippen LogP contribution in [0.2, 0.25) is 0 Å². The minimum Gasteiger partial charge on any atom is -0.453 e. The summed E-state index contributed by atoms with van der Waals surface area (Å²) in [6.07, 6.45) is -2.03. The minimum atomic E-state index is -1.68. The summed E-state index contributed by atoms with van der Waals surface area (Å²) in [5.74, 6) is -0.805. The van der Waals surface area contributed by atoms with Crippen molar-refractivity contribution in [1.29, 1.82) is 0 Å². The number of hydrogen-bond donors (Lipinski definition) is 1. The van der Waals surface area contributed by atoms with E-state index < -0.39 is 24.1 Å². The number of ether oxygens (including phenoxy) is 1. The number of hydrogen-bond acceptors (Lipinski definition) is 3. The van der Waals surface area contributed by atoms with Gasteiger partial charge in [-0.1, -0.05) is 27.7 Å². The first-order chi connectivity index (χ1) is 10.2. The van der Waals surface area contributed by atoms with Crippen LogP contribution in [0.5, 0.6) is 0 Å². The lowest BCUT2D eigenvalue weighted by atomic mass is 9.79. The van der Waals surface area contributed by atoms with E-state index in [1.54, 1.807) is 0 Å². The highest BCUT2D eigenvalue weighted by Gasteiger charge is 2.42. The van der Waals surface area contributed by atoms with Crippen LogP contribution in [0.1, 0.15) is 40.5 Å². The minimum absolute atomic E-state index is 0.0672. The lowest BCUT2D eigenvalue weighted by molar-refractivity contribution is -0.127. The second-order valence-electron chi connectivity index (χ2n) is 6.55. The number of allylic oxidation sites excluding steroid dienone is 1. The lowest BCUT2D eigenvalue weighted by Gasteiger charge is -2.28. The van der Waals surface area contributed by atoms with Crippen LogP contribution < -0.4 is 5.32 Å². The fourth-order valence-corrected chi connectivity index (χ4v) is 3.08. The highest BCUT2D eigenvalue weighted by Crippen LogP contribution is 2.43. The molecule has 1 unspecified atom stereocenters. The molecular formula is C16H25F2NO3. The van der Waals surface area contributed by atoms with Crippen molar-refractivity contribution >= 4 is 11.9 Å². The van der Waals surface area contributed by atoms with E-state index in [0.29, 0.717) is 0 Å². The second-order valence-corrected chi connectivity index (χ2v) is 6.55. The van der Waals surface area contributed by atoms with Gasteiger partial charge < -0.3 is 10.1 Å². The van der Waals surface area contributed by atoms with Crippen molar-refractivity contribution in [3.05, 3.63) is 11.7 Å². The molecule has 1 aliphatic carbocycles. The molecule has 1 aliphatic rings. The number of nitrogens with one attached hydrogen (secondary N) is 1. The molecule has 0 saturated heterocycles. The number of alkyl carbamates (subject to hydrolysis) is 1. The lowest BCUT2D eigenvalue weighted by Crippen LogP contribution is -2.47. The molecule has 0 heterocycles. The fraction of sp³-hybridized carbons (Fsp3) is 0.750. The Kier molecular flexibility index (Phi) is 6.50. The Morgan fingerprint density at radius 1 is 1.18 bits per heavy atom. The third kappa shape index (κ3) is 4.27. The Morgan fingerprint density at radius 2 is 1.77 bits per heavy atom. The predicted octanol–water partition coefficient (Wildman–Crippen LogP) is 3.77. The first-order valence-corrected chi connectivity index (χ1v) is 7.60. The van der Waals surface area contributed by atoms with E-state index in [1.807, 2.05) is 27.7 Å².